The van der Waals surface area contributed by atoms with Crippen molar-refractivity contribution in [2.75, 3.05) is 5.73 Å². The van der Waals surface area contributed by atoms with E-state index in [1.54, 1.807) is 12.1 Å². The van der Waals surface area contributed by atoms with Crippen LogP contribution in [0.5, 0.6) is 0 Å². The number of hydrogen-bond donors (Lipinski definition) is 1. The van der Waals surface area contributed by atoms with Crippen LogP contribution in [0.4, 0.5) is 5.69 Å². The van der Waals surface area contributed by atoms with E-state index in [2.05, 4.69) is 0 Å². The summed E-state index contributed by atoms with van der Waals surface area (Å²) in [6, 6.07) is 5.43. The summed E-state index contributed by atoms with van der Waals surface area (Å²) in [6.07, 6.45) is 0.0498. The number of benzene rings is 1. The quantitative estimate of drug-likeness (QED) is 0.601. The van der Waals surface area contributed by atoms with Crippen LogP contribution in [0.15, 0.2) is 18.2 Å². The van der Waals surface area contributed by atoms with Gasteiger partial charge in [0.1, 0.15) is 0 Å². The monoisotopic (exact) mass is 239 g/mol. The number of hydrogen-bond acceptors (Lipinski definition) is 3. The van der Waals surface area contributed by atoms with E-state index in [1.807, 2.05) is 26.8 Å². The molecular formula is C11H15BClNO2. The van der Waals surface area contributed by atoms with Gasteiger partial charge in [-0.25, -0.2) is 0 Å². The molecule has 86 valence electrons. The van der Waals surface area contributed by atoms with Gasteiger partial charge in [-0.3, -0.25) is 0 Å². The minimum absolute atomic E-state index is 0.0498. The Kier molecular flexibility index (Phi) is 2.91. The molecule has 0 saturated carbocycles. The Hall–Kier alpha value is -0.705. The summed E-state index contributed by atoms with van der Waals surface area (Å²) in [7, 11) is -0.358. The number of rotatable bonds is 1. The van der Waals surface area contributed by atoms with Gasteiger partial charge < -0.3 is 15.0 Å². The predicted molar refractivity (Wildman–Crippen MR) is 67.0 cm³/mol. The van der Waals surface area contributed by atoms with Gasteiger partial charge in [0, 0.05) is 0 Å². The van der Waals surface area contributed by atoms with E-state index in [4.69, 9.17) is 26.6 Å². The molecule has 2 rings (SSSR count). The van der Waals surface area contributed by atoms with Crippen molar-refractivity contribution < 1.29 is 9.31 Å². The first-order valence-corrected chi connectivity index (χ1v) is 5.66. The minimum atomic E-state index is -0.358. The lowest BCUT2D eigenvalue weighted by Crippen LogP contribution is -2.34. The lowest BCUT2D eigenvalue weighted by molar-refractivity contribution is 0.0842. The van der Waals surface area contributed by atoms with E-state index in [-0.39, 0.29) is 18.8 Å². The van der Waals surface area contributed by atoms with Crippen LogP contribution >= 0.6 is 11.6 Å². The summed E-state index contributed by atoms with van der Waals surface area (Å²) in [6.45, 7) is 6.02. The molecule has 1 aliphatic heterocycles. The molecule has 2 N–H and O–H groups in total. The molecule has 0 spiro atoms. The van der Waals surface area contributed by atoms with Gasteiger partial charge >= 0.3 is 7.12 Å². The van der Waals surface area contributed by atoms with Crippen molar-refractivity contribution in [3.05, 3.63) is 23.2 Å². The van der Waals surface area contributed by atoms with Gasteiger partial charge in [0.2, 0.25) is 0 Å². The van der Waals surface area contributed by atoms with Crippen LogP contribution in [0.1, 0.15) is 20.8 Å². The van der Waals surface area contributed by atoms with Crippen LogP contribution in [-0.2, 0) is 9.31 Å². The van der Waals surface area contributed by atoms with Crippen LogP contribution < -0.4 is 11.2 Å². The zero-order chi connectivity index (χ0) is 11.9. The average molecular weight is 240 g/mol. The molecule has 0 bridgehead atoms. The van der Waals surface area contributed by atoms with Gasteiger partial charge in [0.05, 0.1) is 22.4 Å². The summed E-state index contributed by atoms with van der Waals surface area (Å²) < 4.78 is 11.6. The second-order valence-electron chi connectivity index (χ2n) is 4.61. The standard InChI is InChI=1S/C11H15BClNO2/c1-7-11(2,3)16-12(15-7)8-4-5-10(14)9(13)6-8/h4-7H,14H2,1-3H3. The highest BCUT2D eigenvalue weighted by Crippen LogP contribution is 2.27. The number of anilines is 1. The third-order valence-electron chi connectivity index (χ3n) is 3.01. The van der Waals surface area contributed by atoms with Crippen LogP contribution in [0.2, 0.25) is 5.02 Å². The van der Waals surface area contributed by atoms with Crippen LogP contribution in [0.3, 0.4) is 0 Å². The SMILES string of the molecule is CC1OB(c2ccc(N)c(Cl)c2)OC1(C)C. The Morgan fingerprint density at radius 3 is 2.62 bits per heavy atom. The van der Waals surface area contributed by atoms with E-state index in [0.29, 0.717) is 10.7 Å². The first-order valence-electron chi connectivity index (χ1n) is 5.28. The summed E-state index contributed by atoms with van der Waals surface area (Å²) in [5.74, 6) is 0. The molecule has 3 nitrogen and oxygen atoms in total. The highest BCUT2D eigenvalue weighted by molar-refractivity contribution is 6.62. The maximum Gasteiger partial charge on any atom is 0.494 e. The zero-order valence-electron chi connectivity index (χ0n) is 9.66. The van der Waals surface area contributed by atoms with Crippen LogP contribution in [0, 0.1) is 0 Å². The fourth-order valence-corrected chi connectivity index (χ4v) is 1.77. The van der Waals surface area contributed by atoms with Gasteiger partial charge in [0.15, 0.2) is 0 Å². The Balaban J connectivity index is 2.24. The molecule has 1 aliphatic rings. The van der Waals surface area contributed by atoms with E-state index in [0.717, 1.165) is 5.46 Å². The van der Waals surface area contributed by atoms with E-state index in [1.165, 1.54) is 0 Å². The van der Waals surface area contributed by atoms with Crippen molar-refractivity contribution in [1.29, 1.82) is 0 Å². The highest BCUT2D eigenvalue weighted by atomic mass is 35.5. The zero-order valence-corrected chi connectivity index (χ0v) is 10.4. The van der Waals surface area contributed by atoms with Crippen molar-refractivity contribution in [2.24, 2.45) is 0 Å². The van der Waals surface area contributed by atoms with Crippen molar-refractivity contribution in [2.45, 2.75) is 32.5 Å². The molecule has 5 heteroatoms. The lowest BCUT2D eigenvalue weighted by atomic mass is 9.79. The van der Waals surface area contributed by atoms with Gasteiger partial charge in [-0.1, -0.05) is 17.7 Å². The summed E-state index contributed by atoms with van der Waals surface area (Å²) >= 11 is 5.96. The van der Waals surface area contributed by atoms with Gasteiger partial charge in [-0.2, -0.15) is 0 Å². The molecule has 0 radical (unpaired) electrons. The maximum absolute atomic E-state index is 5.96. The number of nitrogens with two attached hydrogens (primary N) is 1. The van der Waals surface area contributed by atoms with Gasteiger partial charge in [-0.15, -0.1) is 0 Å². The van der Waals surface area contributed by atoms with Crippen molar-refractivity contribution >= 4 is 29.9 Å². The third kappa shape index (κ3) is 2.05. The summed E-state index contributed by atoms with van der Waals surface area (Å²) in [5.41, 5.74) is 6.84. The summed E-state index contributed by atoms with van der Waals surface area (Å²) in [4.78, 5) is 0. The van der Waals surface area contributed by atoms with Crippen LogP contribution in [0.25, 0.3) is 0 Å². The second-order valence-corrected chi connectivity index (χ2v) is 5.02. The smallest absolute Gasteiger partial charge is 0.402 e. The molecule has 1 fully saturated rings. The third-order valence-corrected chi connectivity index (χ3v) is 3.34. The Labute approximate surface area is 101 Å². The predicted octanol–water partition coefficient (Wildman–Crippen LogP) is 1.83. The van der Waals surface area contributed by atoms with Crippen LogP contribution in [-0.4, -0.2) is 18.8 Å². The van der Waals surface area contributed by atoms with Crippen molar-refractivity contribution in [3.8, 4) is 0 Å². The van der Waals surface area contributed by atoms with Gasteiger partial charge in [0.25, 0.3) is 0 Å². The summed E-state index contributed by atoms with van der Waals surface area (Å²) in [5, 5.41) is 0.530. The Bertz CT molecular complexity index is 411. The molecule has 1 heterocycles. The first-order chi connectivity index (χ1) is 7.40. The maximum atomic E-state index is 5.96. The Morgan fingerprint density at radius 1 is 1.44 bits per heavy atom. The lowest BCUT2D eigenvalue weighted by Gasteiger charge is -2.21. The fourth-order valence-electron chi connectivity index (χ4n) is 1.59. The molecule has 1 saturated heterocycles. The fraction of sp³-hybridized carbons (Fsp3) is 0.455. The van der Waals surface area contributed by atoms with Crippen molar-refractivity contribution in [3.63, 3.8) is 0 Å². The minimum Gasteiger partial charge on any atom is -0.402 e. The molecule has 16 heavy (non-hydrogen) atoms. The molecule has 1 atom stereocenters. The van der Waals surface area contributed by atoms with E-state index < -0.39 is 0 Å². The Morgan fingerprint density at radius 2 is 2.12 bits per heavy atom. The molecule has 0 aromatic heterocycles. The number of nitrogen functional groups attached to an aromatic ring is 1. The molecule has 1 aromatic rings. The van der Waals surface area contributed by atoms with Crippen molar-refractivity contribution in [1.82, 2.24) is 0 Å². The molecule has 0 amide bonds. The first kappa shape index (κ1) is 11.8. The molecule has 1 unspecified atom stereocenters. The normalized spacial score (nSPS) is 23.8. The highest BCUT2D eigenvalue weighted by Gasteiger charge is 2.43. The average Bonchev–Trinajstić information content (AvgIpc) is 2.46. The largest absolute Gasteiger partial charge is 0.494 e. The van der Waals surface area contributed by atoms with E-state index >= 15 is 0 Å². The van der Waals surface area contributed by atoms with Gasteiger partial charge in [-0.05, 0) is 38.4 Å². The molecule has 0 aliphatic carbocycles. The second kappa shape index (κ2) is 3.95. The van der Waals surface area contributed by atoms with E-state index in [9.17, 15) is 0 Å². The molecule has 1 aromatic carbocycles. The molecular weight excluding hydrogens is 224 g/mol. The number of halogens is 1. The topological polar surface area (TPSA) is 44.5 Å².